The summed E-state index contributed by atoms with van der Waals surface area (Å²) in [5, 5.41) is 0. The third-order valence-corrected chi connectivity index (χ3v) is 2.70. The van der Waals surface area contributed by atoms with Crippen LogP contribution in [-0.2, 0) is 9.47 Å². The molecule has 0 radical (unpaired) electrons. The van der Waals surface area contributed by atoms with Crippen molar-refractivity contribution in [2.24, 2.45) is 0 Å². The Balaban J connectivity index is 0.00000172. The molecular weight excluding hydrogens is 248 g/mol. The Morgan fingerprint density at radius 1 is 1.05 bits per heavy atom. The van der Waals surface area contributed by atoms with Gasteiger partial charge in [0.15, 0.2) is 0 Å². The van der Waals surface area contributed by atoms with Gasteiger partial charge in [0.25, 0.3) is 0 Å². The highest BCUT2D eigenvalue weighted by molar-refractivity contribution is 5.67. The quantitative estimate of drug-likeness (QED) is 0.506. The van der Waals surface area contributed by atoms with E-state index in [1.54, 1.807) is 7.11 Å². The Morgan fingerprint density at radius 2 is 1.60 bits per heavy atom. The molecule has 0 bridgehead atoms. The Hall–Kier alpha value is -1.54. The number of methoxy groups -OCH3 is 1. The van der Waals surface area contributed by atoms with Gasteiger partial charge in [0.2, 0.25) is 0 Å². The van der Waals surface area contributed by atoms with Crippen LogP contribution >= 0.6 is 0 Å². The number of benzene rings is 1. The van der Waals surface area contributed by atoms with Crippen molar-refractivity contribution in [3.63, 3.8) is 0 Å². The van der Waals surface area contributed by atoms with Crippen molar-refractivity contribution in [3.8, 4) is 0 Å². The maximum absolute atomic E-state index is 5.47. The molecule has 20 heavy (non-hydrogen) atoms. The second-order valence-electron chi connectivity index (χ2n) is 4.38. The molecule has 0 aliphatic rings. The van der Waals surface area contributed by atoms with Crippen LogP contribution in [0.1, 0.15) is 45.2 Å². The van der Waals surface area contributed by atoms with Gasteiger partial charge < -0.3 is 9.47 Å². The molecule has 0 amide bonds. The van der Waals surface area contributed by atoms with Gasteiger partial charge in [0.05, 0.1) is 12.9 Å². The van der Waals surface area contributed by atoms with Crippen LogP contribution in [0.5, 0.6) is 0 Å². The van der Waals surface area contributed by atoms with Crippen LogP contribution in [0.15, 0.2) is 37.1 Å². The fraction of sp³-hybridized carbons (Fsp3) is 0.444. The summed E-state index contributed by atoms with van der Waals surface area (Å²) >= 11 is 0. The first-order valence-electron chi connectivity index (χ1n) is 7.18. The molecule has 1 aromatic rings. The van der Waals surface area contributed by atoms with Crippen LogP contribution in [0, 0.1) is 0 Å². The van der Waals surface area contributed by atoms with Gasteiger partial charge in [0, 0.05) is 20.1 Å². The number of allylic oxidation sites excluding steroid dienone is 2. The molecule has 0 aliphatic heterocycles. The first-order valence-corrected chi connectivity index (χ1v) is 7.18. The lowest BCUT2D eigenvalue weighted by atomic mass is 10.0. The van der Waals surface area contributed by atoms with Crippen molar-refractivity contribution in [2.45, 2.75) is 34.1 Å². The lowest BCUT2D eigenvalue weighted by molar-refractivity contribution is 0.157. The predicted molar refractivity (Wildman–Crippen MR) is 88.6 cm³/mol. The zero-order valence-electron chi connectivity index (χ0n) is 13.5. The van der Waals surface area contributed by atoms with Crippen molar-refractivity contribution >= 4 is 11.1 Å². The molecule has 0 N–H and O–H groups in total. The van der Waals surface area contributed by atoms with E-state index in [2.05, 4.69) is 30.8 Å². The maximum atomic E-state index is 5.47. The molecule has 1 rings (SSSR count). The molecule has 0 unspecified atom stereocenters. The molecule has 0 aliphatic carbocycles. The van der Waals surface area contributed by atoms with Crippen LogP contribution in [0.3, 0.4) is 0 Å². The second-order valence-corrected chi connectivity index (χ2v) is 4.38. The Bertz CT molecular complexity index is 402. The third kappa shape index (κ3) is 7.15. The average molecular weight is 276 g/mol. The average Bonchev–Trinajstić information content (AvgIpc) is 2.49. The van der Waals surface area contributed by atoms with Crippen LogP contribution < -0.4 is 0 Å². The normalized spacial score (nSPS) is 10.6. The zero-order valence-corrected chi connectivity index (χ0v) is 13.5. The lowest BCUT2D eigenvalue weighted by Crippen LogP contribution is -1.95. The molecule has 0 aromatic heterocycles. The van der Waals surface area contributed by atoms with Crippen LogP contribution in [-0.4, -0.2) is 20.3 Å². The molecule has 0 spiro atoms. The van der Waals surface area contributed by atoms with Crippen LogP contribution in [0.2, 0.25) is 0 Å². The highest BCUT2D eigenvalue weighted by atomic mass is 16.5. The SMILES string of the molecule is C=C(C)c1ccc(/C(C)=C/OCCCOC)cc1.CC. The fourth-order valence-corrected chi connectivity index (χ4v) is 1.56. The van der Waals surface area contributed by atoms with Crippen LogP contribution in [0.25, 0.3) is 11.1 Å². The van der Waals surface area contributed by atoms with Gasteiger partial charge in [-0.15, -0.1) is 0 Å². The number of hydrogen-bond acceptors (Lipinski definition) is 2. The summed E-state index contributed by atoms with van der Waals surface area (Å²) in [5.74, 6) is 0. The summed E-state index contributed by atoms with van der Waals surface area (Å²) in [4.78, 5) is 0. The van der Waals surface area contributed by atoms with E-state index in [0.717, 1.165) is 24.2 Å². The van der Waals surface area contributed by atoms with E-state index in [0.29, 0.717) is 6.61 Å². The molecule has 0 heterocycles. The monoisotopic (exact) mass is 276 g/mol. The summed E-state index contributed by atoms with van der Waals surface area (Å²) in [6.45, 7) is 13.4. The van der Waals surface area contributed by atoms with Gasteiger partial charge in [-0.3, -0.25) is 0 Å². The first-order chi connectivity index (χ1) is 9.65. The largest absolute Gasteiger partial charge is 0.501 e. The van der Waals surface area contributed by atoms with Crippen molar-refractivity contribution in [1.29, 1.82) is 0 Å². The zero-order chi connectivity index (χ0) is 15.4. The van der Waals surface area contributed by atoms with Gasteiger partial charge in [-0.2, -0.15) is 0 Å². The van der Waals surface area contributed by atoms with Crippen molar-refractivity contribution < 1.29 is 9.47 Å². The number of hydrogen-bond donors (Lipinski definition) is 0. The first kappa shape index (κ1) is 18.5. The van der Waals surface area contributed by atoms with E-state index < -0.39 is 0 Å². The minimum atomic E-state index is 0.690. The van der Waals surface area contributed by atoms with E-state index in [9.17, 15) is 0 Å². The topological polar surface area (TPSA) is 18.5 Å². The summed E-state index contributed by atoms with van der Waals surface area (Å²) in [5.41, 5.74) is 4.55. The minimum Gasteiger partial charge on any atom is -0.501 e. The van der Waals surface area contributed by atoms with Crippen molar-refractivity contribution in [3.05, 3.63) is 48.2 Å². The predicted octanol–water partition coefficient (Wildman–Crippen LogP) is 5.16. The third-order valence-electron chi connectivity index (χ3n) is 2.70. The molecular formula is C18H28O2. The Morgan fingerprint density at radius 3 is 2.10 bits per heavy atom. The van der Waals surface area contributed by atoms with Gasteiger partial charge in [-0.25, -0.2) is 0 Å². The molecule has 2 heteroatoms. The van der Waals surface area contributed by atoms with Crippen molar-refractivity contribution in [2.75, 3.05) is 20.3 Å². The molecule has 0 fully saturated rings. The van der Waals surface area contributed by atoms with E-state index in [1.807, 2.05) is 34.0 Å². The van der Waals surface area contributed by atoms with Crippen molar-refractivity contribution in [1.82, 2.24) is 0 Å². The molecule has 0 saturated heterocycles. The highest BCUT2D eigenvalue weighted by Crippen LogP contribution is 2.18. The minimum absolute atomic E-state index is 0.690. The maximum Gasteiger partial charge on any atom is 0.0895 e. The second kappa shape index (κ2) is 11.3. The van der Waals surface area contributed by atoms with Gasteiger partial charge >= 0.3 is 0 Å². The van der Waals surface area contributed by atoms with E-state index in [-0.39, 0.29) is 0 Å². The summed E-state index contributed by atoms with van der Waals surface area (Å²) in [6, 6.07) is 8.35. The molecule has 1 aromatic carbocycles. The number of rotatable bonds is 7. The molecule has 0 saturated carbocycles. The van der Waals surface area contributed by atoms with Gasteiger partial charge in [-0.1, -0.05) is 50.3 Å². The number of ether oxygens (including phenoxy) is 2. The fourth-order valence-electron chi connectivity index (χ4n) is 1.56. The molecule has 0 atom stereocenters. The molecule has 2 nitrogen and oxygen atoms in total. The lowest BCUT2D eigenvalue weighted by Gasteiger charge is -2.05. The van der Waals surface area contributed by atoms with E-state index >= 15 is 0 Å². The van der Waals surface area contributed by atoms with Gasteiger partial charge in [-0.05, 0) is 30.5 Å². The highest BCUT2D eigenvalue weighted by Gasteiger charge is 1.97. The Kier molecular flexibility index (Phi) is 10.4. The standard InChI is InChI=1S/C16H22O2.C2H6/c1-13(2)15-6-8-16(9-7-15)14(3)12-18-11-5-10-17-4;1-2/h6-9,12H,1,5,10-11H2,2-4H3;1-2H3/b14-12+;. The van der Waals surface area contributed by atoms with E-state index in [4.69, 9.17) is 9.47 Å². The smallest absolute Gasteiger partial charge is 0.0895 e. The van der Waals surface area contributed by atoms with E-state index in [1.165, 1.54) is 11.1 Å². The summed E-state index contributed by atoms with van der Waals surface area (Å²) < 4.78 is 10.4. The molecule has 112 valence electrons. The summed E-state index contributed by atoms with van der Waals surface area (Å²) in [6.07, 6.45) is 2.72. The summed E-state index contributed by atoms with van der Waals surface area (Å²) in [7, 11) is 1.70. The van der Waals surface area contributed by atoms with Crippen LogP contribution in [0.4, 0.5) is 0 Å². The Labute approximate surface area is 124 Å². The van der Waals surface area contributed by atoms with Gasteiger partial charge in [0.1, 0.15) is 0 Å².